The lowest BCUT2D eigenvalue weighted by molar-refractivity contribution is -0.128. The van der Waals surface area contributed by atoms with E-state index in [1.165, 1.54) is 0 Å². The maximum Gasteiger partial charge on any atom is 0.265 e. The van der Waals surface area contributed by atoms with Crippen LogP contribution in [0.2, 0.25) is 0 Å². The zero-order valence-corrected chi connectivity index (χ0v) is 16.4. The molecule has 0 aliphatic carbocycles. The minimum Gasteiger partial charge on any atom is -0.484 e. The van der Waals surface area contributed by atoms with Gasteiger partial charge < -0.3 is 19.7 Å². The van der Waals surface area contributed by atoms with Gasteiger partial charge >= 0.3 is 0 Å². The Labute approximate surface area is 175 Å². The number of hydrogen-bond acceptors (Lipinski definition) is 4. The van der Waals surface area contributed by atoms with Crippen LogP contribution < -0.4 is 19.7 Å². The number of anilines is 1. The van der Waals surface area contributed by atoms with Crippen LogP contribution in [0.1, 0.15) is 5.56 Å². The lowest BCUT2D eigenvalue weighted by Crippen LogP contribution is -2.51. The Morgan fingerprint density at radius 3 is 2.37 bits per heavy atom. The Kier molecular flexibility index (Phi) is 5.94. The van der Waals surface area contributed by atoms with Crippen molar-refractivity contribution >= 4 is 17.5 Å². The fraction of sp³-hybridized carbons (Fsp3) is 0.167. The average molecular weight is 402 g/mol. The summed E-state index contributed by atoms with van der Waals surface area (Å²) in [4.78, 5) is 27.2. The molecule has 0 aromatic heterocycles. The van der Waals surface area contributed by atoms with Crippen molar-refractivity contribution < 1.29 is 19.1 Å². The van der Waals surface area contributed by atoms with Gasteiger partial charge in [0.1, 0.15) is 11.5 Å². The van der Waals surface area contributed by atoms with Gasteiger partial charge in [0.15, 0.2) is 12.7 Å². The van der Waals surface area contributed by atoms with Crippen LogP contribution in [0, 0.1) is 0 Å². The van der Waals surface area contributed by atoms with E-state index in [9.17, 15) is 9.59 Å². The van der Waals surface area contributed by atoms with Gasteiger partial charge in [-0.3, -0.25) is 9.59 Å². The van der Waals surface area contributed by atoms with Crippen LogP contribution in [0.5, 0.6) is 11.5 Å². The average Bonchev–Trinajstić information content (AvgIpc) is 2.81. The number of carbonyl (C=O) groups excluding carboxylic acids is 2. The predicted molar refractivity (Wildman–Crippen MR) is 113 cm³/mol. The standard InChI is InChI=1S/C24H22N2O4/c27-23(17-29-19-11-5-2-6-12-19)26-16-22(30-21-14-8-7-13-20(21)26)24(28)25-15-18-9-3-1-4-10-18/h1-14,22H,15-17H2,(H,25,28). The van der Waals surface area contributed by atoms with Crippen molar-refractivity contribution in [1.29, 1.82) is 0 Å². The Balaban J connectivity index is 1.44. The molecule has 3 aromatic rings. The second-order valence-electron chi connectivity index (χ2n) is 6.88. The smallest absolute Gasteiger partial charge is 0.265 e. The number of hydrogen-bond donors (Lipinski definition) is 1. The monoisotopic (exact) mass is 402 g/mol. The Morgan fingerprint density at radius 2 is 1.60 bits per heavy atom. The molecule has 1 atom stereocenters. The lowest BCUT2D eigenvalue weighted by Gasteiger charge is -2.34. The molecule has 2 amide bonds. The third-order valence-electron chi connectivity index (χ3n) is 4.78. The van der Waals surface area contributed by atoms with Gasteiger partial charge in [0.2, 0.25) is 0 Å². The van der Waals surface area contributed by atoms with Gasteiger partial charge in [0, 0.05) is 6.54 Å². The number of rotatable bonds is 6. The molecule has 152 valence electrons. The van der Waals surface area contributed by atoms with E-state index in [-0.39, 0.29) is 25.0 Å². The van der Waals surface area contributed by atoms with Gasteiger partial charge in [0.25, 0.3) is 11.8 Å². The zero-order chi connectivity index (χ0) is 20.8. The third kappa shape index (κ3) is 4.60. The van der Waals surface area contributed by atoms with E-state index in [4.69, 9.17) is 9.47 Å². The molecule has 1 unspecified atom stereocenters. The highest BCUT2D eigenvalue weighted by atomic mass is 16.5. The number of nitrogens with zero attached hydrogens (tertiary/aromatic N) is 1. The van der Waals surface area contributed by atoms with E-state index >= 15 is 0 Å². The first-order valence-corrected chi connectivity index (χ1v) is 9.76. The van der Waals surface area contributed by atoms with Gasteiger partial charge in [0.05, 0.1) is 12.2 Å². The molecule has 0 fully saturated rings. The molecule has 4 rings (SSSR count). The van der Waals surface area contributed by atoms with Crippen molar-refractivity contribution in [3.8, 4) is 11.5 Å². The van der Waals surface area contributed by atoms with Crippen LogP contribution in [0.3, 0.4) is 0 Å². The normalized spacial score (nSPS) is 14.9. The molecule has 0 bridgehead atoms. The van der Waals surface area contributed by atoms with E-state index in [1.807, 2.05) is 60.7 Å². The maximum atomic E-state index is 12.9. The second-order valence-corrected chi connectivity index (χ2v) is 6.88. The summed E-state index contributed by atoms with van der Waals surface area (Å²) >= 11 is 0. The van der Waals surface area contributed by atoms with Gasteiger partial charge in [-0.15, -0.1) is 0 Å². The van der Waals surface area contributed by atoms with Gasteiger partial charge in [-0.25, -0.2) is 0 Å². The Morgan fingerprint density at radius 1 is 0.933 bits per heavy atom. The number of para-hydroxylation sites is 3. The quantitative estimate of drug-likeness (QED) is 0.688. The third-order valence-corrected chi connectivity index (χ3v) is 4.78. The molecule has 1 aliphatic heterocycles. The van der Waals surface area contributed by atoms with Crippen molar-refractivity contribution in [2.75, 3.05) is 18.1 Å². The first-order chi connectivity index (χ1) is 14.7. The Hall–Kier alpha value is -3.80. The summed E-state index contributed by atoms with van der Waals surface area (Å²) in [6.07, 6.45) is -0.802. The molecular formula is C24H22N2O4. The molecule has 6 nitrogen and oxygen atoms in total. The molecule has 1 N–H and O–H groups in total. The van der Waals surface area contributed by atoms with Crippen LogP contribution in [-0.2, 0) is 16.1 Å². The van der Waals surface area contributed by atoms with E-state index in [0.29, 0.717) is 23.7 Å². The summed E-state index contributed by atoms with van der Waals surface area (Å²) in [6.45, 7) is 0.386. The van der Waals surface area contributed by atoms with Gasteiger partial charge in [-0.2, -0.15) is 0 Å². The number of fused-ring (bicyclic) bond motifs is 1. The first-order valence-electron chi connectivity index (χ1n) is 9.76. The Bertz CT molecular complexity index is 1010. The fourth-order valence-electron chi connectivity index (χ4n) is 3.25. The molecule has 1 aliphatic rings. The van der Waals surface area contributed by atoms with Crippen molar-refractivity contribution in [3.63, 3.8) is 0 Å². The van der Waals surface area contributed by atoms with Crippen molar-refractivity contribution in [3.05, 3.63) is 90.5 Å². The van der Waals surface area contributed by atoms with Crippen LogP contribution >= 0.6 is 0 Å². The molecule has 6 heteroatoms. The molecule has 0 spiro atoms. The summed E-state index contributed by atoms with van der Waals surface area (Å²) in [5.74, 6) is 0.604. The van der Waals surface area contributed by atoms with Crippen LogP contribution in [0.4, 0.5) is 5.69 Å². The maximum absolute atomic E-state index is 12.9. The molecule has 30 heavy (non-hydrogen) atoms. The lowest BCUT2D eigenvalue weighted by atomic mass is 10.1. The van der Waals surface area contributed by atoms with E-state index in [1.54, 1.807) is 29.2 Å². The van der Waals surface area contributed by atoms with Gasteiger partial charge in [-0.1, -0.05) is 60.7 Å². The summed E-state index contributed by atoms with van der Waals surface area (Å²) in [6, 6.07) is 26.0. The molecule has 1 heterocycles. The molecule has 0 saturated heterocycles. The fourth-order valence-corrected chi connectivity index (χ4v) is 3.25. The zero-order valence-electron chi connectivity index (χ0n) is 16.4. The highest BCUT2D eigenvalue weighted by Crippen LogP contribution is 2.33. The summed E-state index contributed by atoms with van der Waals surface area (Å²) < 4.78 is 11.5. The summed E-state index contributed by atoms with van der Waals surface area (Å²) in [5.41, 5.74) is 1.62. The number of nitrogens with one attached hydrogen (secondary N) is 1. The van der Waals surface area contributed by atoms with Crippen LogP contribution in [0.25, 0.3) is 0 Å². The number of benzene rings is 3. The molecule has 0 saturated carbocycles. The highest BCUT2D eigenvalue weighted by molar-refractivity contribution is 5.98. The van der Waals surface area contributed by atoms with E-state index < -0.39 is 6.10 Å². The van der Waals surface area contributed by atoms with Crippen LogP contribution in [-0.4, -0.2) is 31.1 Å². The van der Waals surface area contributed by atoms with Gasteiger partial charge in [-0.05, 0) is 29.8 Å². The highest BCUT2D eigenvalue weighted by Gasteiger charge is 2.33. The van der Waals surface area contributed by atoms with Crippen LogP contribution in [0.15, 0.2) is 84.9 Å². The summed E-state index contributed by atoms with van der Waals surface area (Å²) in [5, 5.41) is 2.88. The minimum atomic E-state index is -0.802. The topological polar surface area (TPSA) is 67.9 Å². The second kappa shape index (κ2) is 9.13. The summed E-state index contributed by atoms with van der Waals surface area (Å²) in [7, 11) is 0. The largest absolute Gasteiger partial charge is 0.484 e. The number of carbonyl (C=O) groups is 2. The SMILES string of the molecule is O=C(NCc1ccccc1)C1CN(C(=O)COc2ccccc2)c2ccccc2O1. The predicted octanol–water partition coefficient (Wildman–Crippen LogP) is 3.18. The van der Waals surface area contributed by atoms with E-state index in [2.05, 4.69) is 5.32 Å². The number of ether oxygens (including phenoxy) is 2. The van der Waals surface area contributed by atoms with Crippen molar-refractivity contribution in [1.82, 2.24) is 5.32 Å². The van der Waals surface area contributed by atoms with Crippen molar-refractivity contribution in [2.45, 2.75) is 12.6 Å². The molecule has 0 radical (unpaired) electrons. The van der Waals surface area contributed by atoms with E-state index in [0.717, 1.165) is 5.56 Å². The molecule has 3 aromatic carbocycles. The minimum absolute atomic E-state index is 0.120. The van der Waals surface area contributed by atoms with Crippen molar-refractivity contribution in [2.24, 2.45) is 0 Å². The number of amides is 2. The molecular weight excluding hydrogens is 380 g/mol. The first kappa shape index (κ1) is 19.5.